The quantitative estimate of drug-likeness (QED) is 0.610. The lowest BCUT2D eigenvalue weighted by Crippen LogP contribution is -2.49. The SMILES string of the molecule is COc1ccc(COC[C@@]2(O)CO[C@H](C=O)[C@H]2OCc2ccc(OC)cc2)cc1. The van der Waals surface area contributed by atoms with Crippen molar-refractivity contribution in [2.24, 2.45) is 0 Å². The first kappa shape index (κ1) is 21.3. The third-order valence-electron chi connectivity index (χ3n) is 4.86. The number of rotatable bonds is 10. The molecule has 3 atom stereocenters. The molecule has 1 fully saturated rings. The third kappa shape index (κ3) is 5.33. The van der Waals surface area contributed by atoms with Crippen LogP contribution in [-0.4, -0.2) is 56.6 Å². The van der Waals surface area contributed by atoms with Gasteiger partial charge in [0.05, 0.1) is 40.6 Å². The summed E-state index contributed by atoms with van der Waals surface area (Å²) in [5.41, 5.74) is 0.421. The van der Waals surface area contributed by atoms with E-state index in [-0.39, 0.29) is 19.8 Å². The minimum absolute atomic E-state index is 0.0172. The van der Waals surface area contributed by atoms with Crippen molar-refractivity contribution in [3.05, 3.63) is 59.7 Å². The van der Waals surface area contributed by atoms with Gasteiger partial charge in [-0.25, -0.2) is 0 Å². The Hall–Kier alpha value is -2.45. The average molecular weight is 402 g/mol. The zero-order valence-electron chi connectivity index (χ0n) is 16.6. The fourth-order valence-corrected chi connectivity index (χ4v) is 3.18. The fraction of sp³-hybridized carbons (Fsp3) is 0.409. The predicted octanol–water partition coefficient (Wildman–Crippen LogP) is 2.13. The summed E-state index contributed by atoms with van der Waals surface area (Å²) in [7, 11) is 3.21. The molecule has 0 amide bonds. The van der Waals surface area contributed by atoms with Crippen LogP contribution in [0.15, 0.2) is 48.5 Å². The number of benzene rings is 2. The van der Waals surface area contributed by atoms with Crippen LogP contribution < -0.4 is 9.47 Å². The van der Waals surface area contributed by atoms with Crippen LogP contribution >= 0.6 is 0 Å². The number of aliphatic hydroxyl groups is 1. The molecule has 0 aromatic heterocycles. The van der Waals surface area contributed by atoms with Crippen LogP contribution in [-0.2, 0) is 32.2 Å². The van der Waals surface area contributed by atoms with Gasteiger partial charge in [-0.3, -0.25) is 0 Å². The van der Waals surface area contributed by atoms with E-state index >= 15 is 0 Å². The number of hydrogen-bond donors (Lipinski definition) is 1. The van der Waals surface area contributed by atoms with Gasteiger partial charge in [-0.1, -0.05) is 24.3 Å². The topological polar surface area (TPSA) is 83.5 Å². The number of ether oxygens (including phenoxy) is 5. The normalized spacial score (nSPS) is 23.7. The van der Waals surface area contributed by atoms with Crippen LogP contribution in [0.2, 0.25) is 0 Å². The van der Waals surface area contributed by atoms with E-state index in [1.807, 2.05) is 48.5 Å². The Morgan fingerprint density at radius 3 is 2.07 bits per heavy atom. The number of aldehydes is 1. The third-order valence-corrected chi connectivity index (χ3v) is 4.86. The minimum Gasteiger partial charge on any atom is -0.497 e. The van der Waals surface area contributed by atoms with Crippen molar-refractivity contribution in [1.29, 1.82) is 0 Å². The van der Waals surface area contributed by atoms with Crippen LogP contribution in [0.3, 0.4) is 0 Å². The van der Waals surface area contributed by atoms with E-state index in [1.54, 1.807) is 14.2 Å². The van der Waals surface area contributed by atoms with Gasteiger partial charge < -0.3 is 33.6 Å². The largest absolute Gasteiger partial charge is 0.497 e. The molecule has 0 spiro atoms. The van der Waals surface area contributed by atoms with Crippen molar-refractivity contribution in [1.82, 2.24) is 0 Å². The Labute approximate surface area is 170 Å². The molecular weight excluding hydrogens is 376 g/mol. The van der Waals surface area contributed by atoms with Crippen molar-refractivity contribution in [3.8, 4) is 11.5 Å². The van der Waals surface area contributed by atoms with Crippen molar-refractivity contribution in [2.45, 2.75) is 31.0 Å². The monoisotopic (exact) mass is 402 g/mol. The lowest BCUT2D eigenvalue weighted by atomic mass is 9.97. The molecule has 0 unspecified atom stereocenters. The summed E-state index contributed by atoms with van der Waals surface area (Å²) in [6.45, 7) is 0.482. The predicted molar refractivity (Wildman–Crippen MR) is 105 cm³/mol. The molecule has 7 heteroatoms. The smallest absolute Gasteiger partial charge is 0.151 e. The molecule has 1 aliphatic rings. The zero-order chi connectivity index (χ0) is 20.7. The Kier molecular flexibility index (Phi) is 7.22. The first-order valence-electron chi connectivity index (χ1n) is 9.32. The Balaban J connectivity index is 1.57. The molecule has 0 radical (unpaired) electrons. The molecule has 1 aliphatic heterocycles. The molecule has 7 nitrogen and oxygen atoms in total. The first-order valence-corrected chi connectivity index (χ1v) is 9.32. The summed E-state index contributed by atoms with van der Waals surface area (Å²) in [6.07, 6.45) is -1.01. The highest BCUT2D eigenvalue weighted by atomic mass is 16.6. The van der Waals surface area contributed by atoms with Crippen LogP contribution in [0.5, 0.6) is 11.5 Å². The molecule has 0 saturated carbocycles. The van der Waals surface area contributed by atoms with Crippen molar-refractivity contribution in [3.63, 3.8) is 0 Å². The summed E-state index contributed by atoms with van der Waals surface area (Å²) in [5.74, 6) is 1.50. The molecule has 1 saturated heterocycles. The van der Waals surface area contributed by atoms with E-state index < -0.39 is 17.8 Å². The average Bonchev–Trinajstić information content (AvgIpc) is 3.08. The highest BCUT2D eigenvalue weighted by molar-refractivity contribution is 5.58. The molecule has 1 heterocycles. The second kappa shape index (κ2) is 9.84. The fourth-order valence-electron chi connectivity index (χ4n) is 3.18. The summed E-state index contributed by atoms with van der Waals surface area (Å²) < 4.78 is 27.3. The van der Waals surface area contributed by atoms with Crippen LogP contribution in [0.4, 0.5) is 0 Å². The van der Waals surface area contributed by atoms with Crippen molar-refractivity contribution < 1.29 is 33.6 Å². The molecule has 0 aliphatic carbocycles. The molecule has 1 N–H and O–H groups in total. The molecule has 29 heavy (non-hydrogen) atoms. The van der Waals surface area contributed by atoms with Crippen molar-refractivity contribution in [2.75, 3.05) is 27.4 Å². The van der Waals surface area contributed by atoms with E-state index in [4.69, 9.17) is 23.7 Å². The minimum atomic E-state index is -1.41. The lowest BCUT2D eigenvalue weighted by Gasteiger charge is -2.29. The van der Waals surface area contributed by atoms with Crippen LogP contribution in [0, 0.1) is 0 Å². The number of carbonyl (C=O) groups excluding carboxylic acids is 1. The highest BCUT2D eigenvalue weighted by Gasteiger charge is 2.50. The second-order valence-corrected chi connectivity index (χ2v) is 6.94. The second-order valence-electron chi connectivity index (χ2n) is 6.94. The Morgan fingerprint density at radius 2 is 1.55 bits per heavy atom. The Bertz CT molecular complexity index is 775. The van der Waals surface area contributed by atoms with Gasteiger partial charge in [0.2, 0.25) is 0 Å². The number of carbonyl (C=O) groups is 1. The van der Waals surface area contributed by atoms with E-state index in [0.717, 1.165) is 22.6 Å². The maximum absolute atomic E-state index is 11.4. The molecule has 156 valence electrons. The van der Waals surface area contributed by atoms with Crippen molar-refractivity contribution >= 4 is 6.29 Å². The molecule has 2 aromatic rings. The van der Waals surface area contributed by atoms with E-state index in [9.17, 15) is 9.90 Å². The van der Waals surface area contributed by atoms with Gasteiger partial charge in [0.15, 0.2) is 6.29 Å². The lowest BCUT2D eigenvalue weighted by molar-refractivity contribution is -0.138. The van der Waals surface area contributed by atoms with E-state index in [2.05, 4.69) is 0 Å². The maximum atomic E-state index is 11.4. The van der Waals surface area contributed by atoms with Gasteiger partial charge in [0, 0.05) is 0 Å². The summed E-state index contributed by atoms with van der Waals surface area (Å²) in [6, 6.07) is 14.8. The summed E-state index contributed by atoms with van der Waals surface area (Å²) >= 11 is 0. The number of methoxy groups -OCH3 is 2. The maximum Gasteiger partial charge on any atom is 0.151 e. The van der Waals surface area contributed by atoms with E-state index in [1.165, 1.54) is 0 Å². The van der Waals surface area contributed by atoms with Crippen LogP contribution in [0.25, 0.3) is 0 Å². The van der Waals surface area contributed by atoms with Gasteiger partial charge in [-0.2, -0.15) is 0 Å². The van der Waals surface area contributed by atoms with E-state index in [0.29, 0.717) is 12.9 Å². The zero-order valence-corrected chi connectivity index (χ0v) is 16.6. The van der Waals surface area contributed by atoms with Crippen LogP contribution in [0.1, 0.15) is 11.1 Å². The molecule has 3 rings (SSSR count). The van der Waals surface area contributed by atoms with Gasteiger partial charge in [-0.05, 0) is 35.4 Å². The van der Waals surface area contributed by atoms with Gasteiger partial charge in [0.1, 0.15) is 29.3 Å². The van der Waals surface area contributed by atoms with Gasteiger partial charge in [0.25, 0.3) is 0 Å². The Morgan fingerprint density at radius 1 is 1.00 bits per heavy atom. The standard InChI is InChI=1S/C22H26O7/c1-25-18-7-3-16(4-8-18)12-27-14-22(24)15-29-20(11-23)21(22)28-13-17-5-9-19(26-2)10-6-17/h3-11,20-21,24H,12-15H2,1-2H3/t20-,21-,22-/m1/s1. The summed E-state index contributed by atoms with van der Waals surface area (Å²) in [4.78, 5) is 11.4. The highest BCUT2D eigenvalue weighted by Crippen LogP contribution is 2.29. The molecular formula is C22H26O7. The summed E-state index contributed by atoms with van der Waals surface area (Å²) in [5, 5.41) is 11.0. The molecule has 2 aromatic carbocycles. The molecule has 0 bridgehead atoms. The number of hydrogen-bond acceptors (Lipinski definition) is 7. The van der Waals surface area contributed by atoms with Gasteiger partial charge in [-0.15, -0.1) is 0 Å². The first-order chi connectivity index (χ1) is 14.1. The van der Waals surface area contributed by atoms with Gasteiger partial charge >= 0.3 is 0 Å².